The van der Waals surface area contributed by atoms with Crippen molar-refractivity contribution in [2.24, 2.45) is 0 Å². The van der Waals surface area contributed by atoms with E-state index in [9.17, 15) is 0 Å². The number of benzene rings is 1. The van der Waals surface area contributed by atoms with Gasteiger partial charge in [0.1, 0.15) is 6.54 Å². The third kappa shape index (κ3) is 2.83. The number of hydrogen-bond donors (Lipinski definition) is 1. The minimum absolute atomic E-state index is 0.611. The molecule has 0 radical (unpaired) electrons. The van der Waals surface area contributed by atoms with Crippen LogP contribution in [0.4, 0.5) is 0 Å². The average Bonchev–Trinajstić information content (AvgIpc) is 3.11. The lowest BCUT2D eigenvalue weighted by atomic mass is 10.2. The smallest absolute Gasteiger partial charge is 0.236 e. The molecule has 0 saturated carbocycles. The first-order valence-electron chi connectivity index (χ1n) is 7.40. The molecule has 1 aromatic carbocycles. The van der Waals surface area contributed by atoms with Crippen LogP contribution in [0.25, 0.3) is 10.9 Å². The second kappa shape index (κ2) is 6.10. The van der Waals surface area contributed by atoms with Crippen molar-refractivity contribution in [2.45, 2.75) is 33.4 Å². The van der Waals surface area contributed by atoms with Crippen LogP contribution in [0.15, 0.2) is 34.9 Å². The zero-order valence-electron chi connectivity index (χ0n) is 12.5. The zero-order chi connectivity index (χ0) is 14.7. The van der Waals surface area contributed by atoms with Crippen molar-refractivity contribution in [3.63, 3.8) is 0 Å². The van der Waals surface area contributed by atoms with Crippen molar-refractivity contribution >= 4 is 10.9 Å². The molecule has 0 fully saturated rings. The predicted molar refractivity (Wildman–Crippen MR) is 82.1 cm³/mol. The fourth-order valence-corrected chi connectivity index (χ4v) is 2.50. The van der Waals surface area contributed by atoms with Gasteiger partial charge in [-0.3, -0.25) is 0 Å². The lowest BCUT2D eigenvalue weighted by molar-refractivity contribution is 0.444. The number of rotatable bonds is 6. The monoisotopic (exact) mass is 284 g/mol. The van der Waals surface area contributed by atoms with Crippen LogP contribution in [-0.4, -0.2) is 21.3 Å². The maximum absolute atomic E-state index is 5.62. The molecule has 0 spiro atoms. The summed E-state index contributed by atoms with van der Waals surface area (Å²) in [6.07, 6.45) is 2.94. The molecular weight excluding hydrogens is 264 g/mol. The van der Waals surface area contributed by atoms with Gasteiger partial charge < -0.3 is 14.3 Å². The number of aromatic nitrogens is 3. The van der Waals surface area contributed by atoms with E-state index in [0.29, 0.717) is 18.3 Å². The van der Waals surface area contributed by atoms with Crippen molar-refractivity contribution in [2.75, 3.05) is 6.54 Å². The van der Waals surface area contributed by atoms with Crippen molar-refractivity contribution in [1.82, 2.24) is 20.1 Å². The van der Waals surface area contributed by atoms with Crippen LogP contribution < -0.4 is 5.32 Å². The lowest BCUT2D eigenvalue weighted by Crippen LogP contribution is -2.11. The Morgan fingerprint density at radius 3 is 2.71 bits per heavy atom. The number of nitrogens with zero attached hydrogens (tertiary/aromatic N) is 3. The summed E-state index contributed by atoms with van der Waals surface area (Å²) in [5.41, 5.74) is 2.49. The van der Waals surface area contributed by atoms with Gasteiger partial charge in [0.15, 0.2) is 0 Å². The molecule has 2 aromatic heterocycles. The Balaban J connectivity index is 1.93. The largest absolute Gasteiger partial charge is 0.423 e. The van der Waals surface area contributed by atoms with Gasteiger partial charge in [-0.05, 0) is 18.2 Å². The van der Waals surface area contributed by atoms with Crippen LogP contribution in [0.2, 0.25) is 0 Å². The number of hydrogen-bond acceptors (Lipinski definition) is 4. The molecule has 5 nitrogen and oxygen atoms in total. The van der Waals surface area contributed by atoms with E-state index >= 15 is 0 Å². The van der Waals surface area contributed by atoms with Crippen LogP contribution >= 0.6 is 0 Å². The van der Waals surface area contributed by atoms with Crippen LogP contribution in [-0.2, 0) is 19.5 Å². The molecule has 2 heterocycles. The molecule has 0 atom stereocenters. The predicted octanol–water partition coefficient (Wildman–Crippen LogP) is 2.74. The minimum Gasteiger partial charge on any atom is -0.423 e. The van der Waals surface area contributed by atoms with E-state index in [0.717, 1.165) is 19.5 Å². The third-order valence-corrected chi connectivity index (χ3v) is 3.55. The van der Waals surface area contributed by atoms with Crippen LogP contribution in [0, 0.1) is 0 Å². The molecule has 3 aromatic rings. The highest BCUT2D eigenvalue weighted by atomic mass is 16.4. The summed E-state index contributed by atoms with van der Waals surface area (Å²) >= 11 is 0. The van der Waals surface area contributed by atoms with Gasteiger partial charge in [0.25, 0.3) is 0 Å². The molecule has 1 N–H and O–H groups in total. The third-order valence-electron chi connectivity index (χ3n) is 3.55. The summed E-state index contributed by atoms with van der Waals surface area (Å²) < 4.78 is 7.79. The Hall–Kier alpha value is -2.14. The molecule has 0 aliphatic carbocycles. The van der Waals surface area contributed by atoms with E-state index in [1.54, 1.807) is 0 Å². The second-order valence-corrected chi connectivity index (χ2v) is 5.02. The number of para-hydroxylation sites is 1. The van der Waals surface area contributed by atoms with Gasteiger partial charge in [0.2, 0.25) is 11.8 Å². The van der Waals surface area contributed by atoms with Gasteiger partial charge in [-0.1, -0.05) is 32.0 Å². The highest BCUT2D eigenvalue weighted by molar-refractivity contribution is 5.84. The van der Waals surface area contributed by atoms with E-state index < -0.39 is 0 Å². The van der Waals surface area contributed by atoms with Gasteiger partial charge in [-0.15, -0.1) is 10.2 Å². The van der Waals surface area contributed by atoms with Crippen LogP contribution in [0.1, 0.15) is 31.2 Å². The highest BCUT2D eigenvalue weighted by Crippen LogP contribution is 2.22. The van der Waals surface area contributed by atoms with E-state index in [1.807, 2.05) is 6.92 Å². The molecule has 5 heteroatoms. The fourth-order valence-electron chi connectivity index (χ4n) is 2.50. The summed E-state index contributed by atoms with van der Waals surface area (Å²) in [6, 6.07) is 8.41. The van der Waals surface area contributed by atoms with E-state index in [-0.39, 0.29) is 0 Å². The van der Waals surface area contributed by atoms with E-state index in [2.05, 4.69) is 57.5 Å². The number of nitrogens with one attached hydrogen (secondary N) is 1. The second-order valence-electron chi connectivity index (χ2n) is 5.02. The summed E-state index contributed by atoms with van der Waals surface area (Å²) in [6.45, 7) is 6.57. The van der Waals surface area contributed by atoms with Crippen molar-refractivity contribution < 1.29 is 4.42 Å². The van der Waals surface area contributed by atoms with Crippen LogP contribution in [0.3, 0.4) is 0 Å². The van der Waals surface area contributed by atoms with Crippen molar-refractivity contribution in [3.05, 3.63) is 47.8 Å². The van der Waals surface area contributed by atoms with Gasteiger partial charge in [0, 0.05) is 30.1 Å². The average molecular weight is 284 g/mol. The van der Waals surface area contributed by atoms with Crippen molar-refractivity contribution in [3.8, 4) is 0 Å². The first-order valence-corrected chi connectivity index (χ1v) is 7.40. The fraction of sp³-hybridized carbons (Fsp3) is 0.375. The Labute approximate surface area is 124 Å². The molecule has 3 rings (SSSR count). The molecule has 0 aliphatic heterocycles. The Morgan fingerprint density at radius 2 is 1.95 bits per heavy atom. The van der Waals surface area contributed by atoms with Gasteiger partial charge >= 0.3 is 0 Å². The van der Waals surface area contributed by atoms with Gasteiger partial charge in [0.05, 0.1) is 0 Å². The quantitative estimate of drug-likeness (QED) is 0.756. The molecule has 21 heavy (non-hydrogen) atoms. The first kappa shape index (κ1) is 13.8. The summed E-state index contributed by atoms with van der Waals surface area (Å²) in [7, 11) is 0. The SMILES string of the molecule is CCNCc1cn(Cc2nnc(CC)o2)c2ccccc12. The lowest BCUT2D eigenvalue weighted by Gasteiger charge is -2.00. The molecule has 0 aliphatic rings. The normalized spacial score (nSPS) is 11.3. The van der Waals surface area contributed by atoms with Gasteiger partial charge in [-0.2, -0.15) is 0 Å². The Kier molecular flexibility index (Phi) is 4.01. The molecule has 0 saturated heterocycles. The standard InChI is InChI=1S/C16H20N4O/c1-3-15-18-19-16(21-15)11-20-10-12(9-17-4-2)13-7-5-6-8-14(13)20/h5-8,10,17H,3-4,9,11H2,1-2H3. The highest BCUT2D eigenvalue weighted by Gasteiger charge is 2.11. The first-order chi connectivity index (χ1) is 10.3. The molecule has 0 bridgehead atoms. The Bertz CT molecular complexity index is 729. The minimum atomic E-state index is 0.611. The maximum atomic E-state index is 5.62. The van der Waals surface area contributed by atoms with Crippen LogP contribution in [0.5, 0.6) is 0 Å². The maximum Gasteiger partial charge on any atom is 0.236 e. The zero-order valence-corrected chi connectivity index (χ0v) is 12.5. The number of aryl methyl sites for hydroxylation is 1. The summed E-state index contributed by atoms with van der Waals surface area (Å²) in [5.74, 6) is 1.34. The van der Waals surface area contributed by atoms with E-state index in [4.69, 9.17) is 4.42 Å². The molecule has 0 amide bonds. The molecular formula is C16H20N4O. The topological polar surface area (TPSA) is 55.9 Å². The number of fused-ring (bicyclic) bond motifs is 1. The molecule has 0 unspecified atom stereocenters. The van der Waals surface area contributed by atoms with Crippen molar-refractivity contribution in [1.29, 1.82) is 0 Å². The Morgan fingerprint density at radius 1 is 1.14 bits per heavy atom. The summed E-state index contributed by atoms with van der Waals surface area (Å²) in [5, 5.41) is 12.8. The van der Waals surface area contributed by atoms with Gasteiger partial charge in [-0.25, -0.2) is 0 Å². The summed E-state index contributed by atoms with van der Waals surface area (Å²) in [4.78, 5) is 0. The van der Waals surface area contributed by atoms with E-state index in [1.165, 1.54) is 16.5 Å². The molecule has 110 valence electrons.